The number of ether oxygens (including phenoxy) is 1. The van der Waals surface area contributed by atoms with Crippen molar-refractivity contribution >= 4 is 21.9 Å². The van der Waals surface area contributed by atoms with E-state index in [9.17, 15) is 18.0 Å². The van der Waals surface area contributed by atoms with Crippen molar-refractivity contribution in [3.63, 3.8) is 0 Å². The minimum Gasteiger partial charge on any atom is -0.455 e. The van der Waals surface area contributed by atoms with Crippen LogP contribution in [0, 0.1) is 17.2 Å². The van der Waals surface area contributed by atoms with Crippen LogP contribution < -0.4 is 10.0 Å². The molecule has 0 bridgehead atoms. The van der Waals surface area contributed by atoms with E-state index < -0.39 is 35.1 Å². The van der Waals surface area contributed by atoms with Gasteiger partial charge in [-0.25, -0.2) is 8.42 Å². The number of carbonyl (C=O) groups is 2. The van der Waals surface area contributed by atoms with Crippen molar-refractivity contribution in [3.05, 3.63) is 29.8 Å². The van der Waals surface area contributed by atoms with Gasteiger partial charge in [-0.2, -0.15) is 9.98 Å². The highest BCUT2D eigenvalue weighted by atomic mass is 32.2. The number of nitrogens with one attached hydrogen (secondary N) is 2. The van der Waals surface area contributed by atoms with Gasteiger partial charge in [-0.05, 0) is 25.0 Å². The van der Waals surface area contributed by atoms with Gasteiger partial charge in [-0.3, -0.25) is 9.59 Å². The Morgan fingerprint density at radius 1 is 1.24 bits per heavy atom. The molecule has 0 spiro atoms. The molecule has 0 aliphatic carbocycles. The number of hydrogen-bond donors (Lipinski definition) is 2. The Labute approximate surface area is 147 Å². The molecule has 9 heteroatoms. The van der Waals surface area contributed by atoms with Crippen molar-refractivity contribution in [3.8, 4) is 6.07 Å². The van der Waals surface area contributed by atoms with Gasteiger partial charge in [0.25, 0.3) is 5.91 Å². The summed E-state index contributed by atoms with van der Waals surface area (Å²) in [4.78, 5) is 23.0. The molecule has 1 aromatic rings. The molecular weight excluding hydrogens is 346 g/mol. The third-order valence-electron chi connectivity index (χ3n) is 3.46. The number of nitrogens with zero attached hydrogens (tertiary/aromatic N) is 1. The van der Waals surface area contributed by atoms with Crippen LogP contribution in [-0.2, 0) is 24.3 Å². The Morgan fingerprint density at radius 3 is 2.48 bits per heavy atom. The molecule has 0 aromatic heterocycles. The van der Waals surface area contributed by atoms with E-state index in [1.807, 2.05) is 25.5 Å². The Hall–Kier alpha value is -2.44. The zero-order valence-corrected chi connectivity index (χ0v) is 15.1. The fourth-order valence-electron chi connectivity index (χ4n) is 1.68. The lowest BCUT2D eigenvalue weighted by Crippen LogP contribution is -2.39. The molecule has 25 heavy (non-hydrogen) atoms. The van der Waals surface area contributed by atoms with Gasteiger partial charge in [0.05, 0.1) is 10.5 Å². The van der Waals surface area contributed by atoms with Crippen molar-refractivity contribution in [1.29, 1.82) is 5.26 Å². The van der Waals surface area contributed by atoms with Crippen molar-refractivity contribution in [2.24, 2.45) is 5.92 Å². The molecular formula is C16H21N3O5S. The fourth-order valence-corrected chi connectivity index (χ4v) is 2.81. The number of hydrogen-bond acceptors (Lipinski definition) is 6. The summed E-state index contributed by atoms with van der Waals surface area (Å²) in [7, 11) is -4.04. The summed E-state index contributed by atoms with van der Waals surface area (Å²) in [6, 6.07) is 7.30. The van der Waals surface area contributed by atoms with Crippen molar-refractivity contribution in [2.45, 2.75) is 31.7 Å². The molecule has 0 radical (unpaired) electrons. The van der Waals surface area contributed by atoms with E-state index in [1.165, 1.54) is 24.3 Å². The molecule has 136 valence electrons. The first-order valence-corrected chi connectivity index (χ1v) is 9.09. The summed E-state index contributed by atoms with van der Waals surface area (Å²) in [5.41, 5.74) is -0.0366. The van der Waals surface area contributed by atoms with Crippen molar-refractivity contribution in [2.75, 3.05) is 13.2 Å². The van der Waals surface area contributed by atoms with E-state index in [2.05, 4.69) is 5.32 Å². The minimum absolute atomic E-state index is 0.0366. The number of rotatable bonds is 8. The van der Waals surface area contributed by atoms with Gasteiger partial charge in [-0.1, -0.05) is 26.0 Å². The Kier molecular flexibility index (Phi) is 7.54. The highest BCUT2D eigenvalue weighted by molar-refractivity contribution is 7.89. The molecule has 0 aliphatic rings. The summed E-state index contributed by atoms with van der Waals surface area (Å²) in [6.45, 7) is 4.56. The molecule has 0 saturated heterocycles. The smallest absolute Gasteiger partial charge is 0.321 e. The van der Waals surface area contributed by atoms with E-state index >= 15 is 0 Å². The second-order valence-corrected chi connectivity index (χ2v) is 7.43. The molecule has 0 unspecified atom stereocenters. The fraction of sp³-hybridized carbons (Fsp3) is 0.438. The molecule has 2 N–H and O–H groups in total. The average molecular weight is 367 g/mol. The number of nitriles is 1. The maximum atomic E-state index is 12.1. The van der Waals surface area contributed by atoms with Gasteiger partial charge in [0.1, 0.15) is 12.6 Å². The first-order chi connectivity index (χ1) is 11.7. The molecule has 1 rings (SSSR count). The summed E-state index contributed by atoms with van der Waals surface area (Å²) in [6.07, 6.45) is 0. The topological polar surface area (TPSA) is 125 Å². The van der Waals surface area contributed by atoms with Crippen LogP contribution in [-0.4, -0.2) is 39.5 Å². The summed E-state index contributed by atoms with van der Waals surface area (Å²) in [5, 5.41) is 11.6. The van der Waals surface area contributed by atoms with E-state index in [0.717, 1.165) is 0 Å². The normalized spacial score (nSPS) is 12.3. The molecule has 1 atom stereocenters. The van der Waals surface area contributed by atoms with E-state index in [-0.39, 0.29) is 22.4 Å². The zero-order chi connectivity index (χ0) is 19.0. The van der Waals surface area contributed by atoms with Crippen LogP contribution in [0.1, 0.15) is 26.3 Å². The van der Waals surface area contributed by atoms with Crippen molar-refractivity contribution in [1.82, 2.24) is 10.0 Å². The molecule has 1 aromatic carbocycles. The first-order valence-electron chi connectivity index (χ1n) is 7.61. The molecule has 0 heterocycles. The predicted molar refractivity (Wildman–Crippen MR) is 89.7 cm³/mol. The van der Waals surface area contributed by atoms with Crippen LogP contribution in [0.4, 0.5) is 0 Å². The first kappa shape index (κ1) is 20.6. The second-order valence-electron chi connectivity index (χ2n) is 5.69. The SMILES string of the molecule is CC(C)[C@@H](C)NC(=O)COC(=O)CNS(=O)(=O)c1ccccc1C#N. The number of amides is 1. The monoisotopic (exact) mass is 367 g/mol. The van der Waals surface area contributed by atoms with Crippen LogP contribution in [0.15, 0.2) is 29.2 Å². The highest BCUT2D eigenvalue weighted by Gasteiger charge is 2.20. The maximum absolute atomic E-state index is 12.1. The van der Waals surface area contributed by atoms with Gasteiger partial charge in [-0.15, -0.1) is 0 Å². The van der Waals surface area contributed by atoms with E-state index in [1.54, 1.807) is 6.07 Å². The van der Waals surface area contributed by atoms with E-state index in [4.69, 9.17) is 10.00 Å². The standard InChI is InChI=1S/C16H21N3O5S/c1-11(2)12(3)19-15(20)10-24-16(21)9-18-25(22,23)14-7-5-4-6-13(14)8-17/h4-7,11-12,18H,9-10H2,1-3H3,(H,19,20)/t12-/m1/s1. The van der Waals surface area contributed by atoms with Gasteiger partial charge in [0.15, 0.2) is 6.61 Å². The van der Waals surface area contributed by atoms with E-state index in [0.29, 0.717) is 0 Å². The molecule has 1 amide bonds. The lowest BCUT2D eigenvalue weighted by atomic mass is 10.1. The lowest BCUT2D eigenvalue weighted by molar-refractivity contribution is -0.147. The Bertz CT molecular complexity index is 768. The summed E-state index contributed by atoms with van der Waals surface area (Å²) >= 11 is 0. The van der Waals surface area contributed by atoms with Crippen LogP contribution in [0.5, 0.6) is 0 Å². The van der Waals surface area contributed by atoms with Crippen LogP contribution in [0.25, 0.3) is 0 Å². The van der Waals surface area contributed by atoms with Gasteiger partial charge in [0, 0.05) is 6.04 Å². The summed E-state index contributed by atoms with van der Waals surface area (Å²) in [5.74, 6) is -1.13. The lowest BCUT2D eigenvalue weighted by Gasteiger charge is -2.17. The molecule has 0 aliphatic heterocycles. The predicted octanol–water partition coefficient (Wildman–Crippen LogP) is 0.540. The molecule has 0 saturated carbocycles. The number of benzene rings is 1. The second kappa shape index (κ2) is 9.15. The van der Waals surface area contributed by atoms with Crippen LogP contribution in [0.2, 0.25) is 0 Å². The minimum atomic E-state index is -4.04. The third-order valence-corrected chi connectivity index (χ3v) is 4.92. The van der Waals surface area contributed by atoms with Crippen molar-refractivity contribution < 1.29 is 22.7 Å². The van der Waals surface area contributed by atoms with Gasteiger partial charge >= 0.3 is 5.97 Å². The number of sulfonamides is 1. The quantitative estimate of drug-likeness (QED) is 0.646. The largest absolute Gasteiger partial charge is 0.455 e. The third kappa shape index (κ3) is 6.52. The van der Waals surface area contributed by atoms with Crippen LogP contribution >= 0.6 is 0 Å². The zero-order valence-electron chi connectivity index (χ0n) is 14.3. The van der Waals surface area contributed by atoms with Gasteiger partial charge < -0.3 is 10.1 Å². The summed E-state index contributed by atoms with van der Waals surface area (Å²) < 4.78 is 31.0. The van der Waals surface area contributed by atoms with Crippen LogP contribution in [0.3, 0.4) is 0 Å². The molecule has 0 fully saturated rings. The Morgan fingerprint density at radius 2 is 1.88 bits per heavy atom. The Balaban J connectivity index is 2.54. The van der Waals surface area contributed by atoms with Gasteiger partial charge in [0.2, 0.25) is 10.0 Å². The molecule has 8 nitrogen and oxygen atoms in total. The maximum Gasteiger partial charge on any atom is 0.321 e. The highest BCUT2D eigenvalue weighted by Crippen LogP contribution is 2.13. The number of esters is 1. The average Bonchev–Trinajstić information content (AvgIpc) is 2.58. The number of carbonyl (C=O) groups excluding carboxylic acids is 2.